The zero-order valence-corrected chi connectivity index (χ0v) is 17.2. The number of aliphatic hydroxyl groups is 2. The summed E-state index contributed by atoms with van der Waals surface area (Å²) in [4.78, 5) is 25.8. The molecule has 5 atom stereocenters. The van der Waals surface area contributed by atoms with Gasteiger partial charge in [-0.2, -0.15) is 5.10 Å². The molecule has 0 bridgehead atoms. The van der Waals surface area contributed by atoms with Gasteiger partial charge in [0.05, 0.1) is 35.6 Å². The van der Waals surface area contributed by atoms with E-state index < -0.39 is 23.7 Å². The molecule has 0 spiro atoms. The van der Waals surface area contributed by atoms with Crippen LogP contribution in [0.15, 0.2) is 18.7 Å². The van der Waals surface area contributed by atoms with Crippen molar-refractivity contribution in [2.75, 3.05) is 19.4 Å². The van der Waals surface area contributed by atoms with E-state index >= 15 is 0 Å². The van der Waals surface area contributed by atoms with Crippen LogP contribution in [0.2, 0.25) is 0 Å². The van der Waals surface area contributed by atoms with Crippen molar-refractivity contribution < 1.29 is 15.0 Å². The Morgan fingerprint density at radius 3 is 2.77 bits per heavy atom. The first kappa shape index (κ1) is 19.5. The summed E-state index contributed by atoms with van der Waals surface area (Å²) in [7, 11) is 5.07. The number of aliphatic hydroxyl groups excluding tert-OH is 2. The average molecular weight is 422 g/mol. The van der Waals surface area contributed by atoms with E-state index in [0.717, 1.165) is 5.56 Å². The van der Waals surface area contributed by atoms with E-state index in [4.69, 9.17) is 0 Å². The minimum absolute atomic E-state index is 0.215. The first-order valence-electron chi connectivity index (χ1n) is 9.92. The zero-order chi connectivity index (χ0) is 21.9. The van der Waals surface area contributed by atoms with Crippen LogP contribution in [0.3, 0.4) is 0 Å². The van der Waals surface area contributed by atoms with Crippen molar-refractivity contribution in [2.45, 2.75) is 24.7 Å². The number of hydrogen-bond donors (Lipinski definition) is 4. The van der Waals surface area contributed by atoms with Crippen molar-refractivity contribution in [3.63, 3.8) is 0 Å². The number of carbonyl (C=O) groups is 1. The lowest BCUT2D eigenvalue weighted by Gasteiger charge is -2.23. The number of amides is 1. The molecule has 1 amide bonds. The number of imidazole rings is 1. The maximum atomic E-state index is 12.4. The monoisotopic (exact) mass is 422 g/mol. The van der Waals surface area contributed by atoms with Crippen molar-refractivity contribution in [1.29, 1.82) is 0 Å². The van der Waals surface area contributed by atoms with Crippen LogP contribution in [0, 0.1) is 23.2 Å². The van der Waals surface area contributed by atoms with Gasteiger partial charge in [0.2, 0.25) is 11.7 Å². The fourth-order valence-corrected chi connectivity index (χ4v) is 4.77. The molecule has 0 unspecified atom stereocenters. The summed E-state index contributed by atoms with van der Waals surface area (Å²) in [5, 5.41) is 31.1. The highest BCUT2D eigenvalue weighted by Gasteiger charge is 2.75. The number of aromatic nitrogens is 6. The summed E-state index contributed by atoms with van der Waals surface area (Å²) in [6.07, 6.45) is 3.22. The number of anilines is 1. The molecular weight excluding hydrogens is 400 g/mol. The topological polar surface area (TPSA) is 143 Å². The molecule has 31 heavy (non-hydrogen) atoms. The van der Waals surface area contributed by atoms with Gasteiger partial charge in [-0.05, 0) is 12.3 Å². The number of aryl methyl sites for hydroxylation is 1. The molecule has 11 heteroatoms. The summed E-state index contributed by atoms with van der Waals surface area (Å²) in [5.41, 5.74) is 0.755. The van der Waals surface area contributed by atoms with E-state index in [-0.39, 0.29) is 17.6 Å². The highest BCUT2D eigenvalue weighted by atomic mass is 16.3. The first-order valence-corrected chi connectivity index (χ1v) is 9.92. The fourth-order valence-electron chi connectivity index (χ4n) is 4.77. The smallest absolute Gasteiger partial charge is 0.229 e. The minimum atomic E-state index is -1.16. The van der Waals surface area contributed by atoms with Gasteiger partial charge in [0, 0.05) is 33.3 Å². The Kier molecular flexibility index (Phi) is 4.25. The van der Waals surface area contributed by atoms with Gasteiger partial charge in [0.25, 0.3) is 0 Å². The van der Waals surface area contributed by atoms with Crippen molar-refractivity contribution >= 4 is 22.9 Å². The van der Waals surface area contributed by atoms with Crippen molar-refractivity contribution in [3.8, 4) is 11.8 Å². The largest absolute Gasteiger partial charge is 0.389 e. The van der Waals surface area contributed by atoms with Gasteiger partial charge in [0.1, 0.15) is 6.10 Å². The molecule has 2 aliphatic rings. The van der Waals surface area contributed by atoms with Gasteiger partial charge >= 0.3 is 0 Å². The predicted molar refractivity (Wildman–Crippen MR) is 110 cm³/mol. The summed E-state index contributed by atoms with van der Waals surface area (Å²) in [6.45, 7) is 0. The Bertz CT molecular complexity index is 1250. The van der Waals surface area contributed by atoms with Gasteiger partial charge in [-0.1, -0.05) is 5.92 Å². The third-order valence-corrected chi connectivity index (χ3v) is 6.33. The van der Waals surface area contributed by atoms with E-state index in [0.29, 0.717) is 23.4 Å². The fraction of sp³-hybridized carbons (Fsp3) is 0.450. The van der Waals surface area contributed by atoms with E-state index in [1.807, 2.05) is 7.05 Å². The Balaban J connectivity index is 1.58. The molecule has 3 aromatic rings. The average Bonchev–Trinajstić information content (AvgIpc) is 3.02. The molecule has 4 N–H and O–H groups in total. The molecule has 0 aromatic carbocycles. The van der Waals surface area contributed by atoms with E-state index in [1.54, 1.807) is 35.0 Å². The van der Waals surface area contributed by atoms with Crippen LogP contribution in [-0.4, -0.2) is 71.7 Å². The molecule has 3 heterocycles. The normalized spacial score (nSPS) is 28.7. The molecule has 2 saturated carbocycles. The second kappa shape index (κ2) is 6.76. The predicted octanol–water partition coefficient (Wildman–Crippen LogP) is -0.970. The Morgan fingerprint density at radius 1 is 1.29 bits per heavy atom. The lowest BCUT2D eigenvalue weighted by atomic mass is 9.98. The van der Waals surface area contributed by atoms with Crippen LogP contribution in [0.1, 0.15) is 23.9 Å². The van der Waals surface area contributed by atoms with Gasteiger partial charge < -0.3 is 25.4 Å². The van der Waals surface area contributed by atoms with Crippen molar-refractivity contribution in [2.24, 2.45) is 18.4 Å². The standard InChI is InChI=1S/C20H22N8O3/c1-21-17-13-18(26-12(25-17)5-4-10-7-24-27(3)8-10)28(9-23-13)14-11-6-20(11,19(31)22-2)16(30)15(14)29/h7-9,11,14-16,29-30H,6H2,1-3H3,(H,22,31)(H,21,25,26)/t11-,14-,15+,16+,20+/m1/s1. The van der Waals surface area contributed by atoms with Crippen LogP contribution < -0.4 is 10.6 Å². The molecule has 3 aromatic heterocycles. The second-order valence-corrected chi connectivity index (χ2v) is 7.98. The zero-order valence-electron chi connectivity index (χ0n) is 17.2. The molecule has 2 aliphatic carbocycles. The van der Waals surface area contributed by atoms with Crippen LogP contribution in [0.25, 0.3) is 11.2 Å². The van der Waals surface area contributed by atoms with Crippen LogP contribution >= 0.6 is 0 Å². The van der Waals surface area contributed by atoms with Crippen LogP contribution in [0.5, 0.6) is 0 Å². The molecule has 5 rings (SSSR count). The number of carbonyl (C=O) groups excluding carboxylic acids is 1. The third kappa shape index (κ3) is 2.72. The molecule has 0 radical (unpaired) electrons. The van der Waals surface area contributed by atoms with Crippen LogP contribution in [-0.2, 0) is 11.8 Å². The number of nitrogens with zero attached hydrogens (tertiary/aromatic N) is 6. The Hall–Kier alpha value is -3.49. The lowest BCUT2D eigenvalue weighted by Crippen LogP contribution is -2.41. The van der Waals surface area contributed by atoms with Gasteiger partial charge in [-0.15, -0.1) is 0 Å². The quantitative estimate of drug-likeness (QED) is 0.395. The third-order valence-electron chi connectivity index (χ3n) is 6.33. The van der Waals surface area contributed by atoms with Crippen molar-refractivity contribution in [1.82, 2.24) is 34.6 Å². The molecule has 0 saturated heterocycles. The van der Waals surface area contributed by atoms with Gasteiger partial charge in [-0.3, -0.25) is 9.48 Å². The Labute approximate surface area is 177 Å². The molecular formula is C20H22N8O3. The molecule has 11 nitrogen and oxygen atoms in total. The SMILES string of the molecule is CNC(=O)[C@@]12C[C@@H]1[C@@H](n1cnc3c(NC)nc(C#Cc4cnn(C)c4)nc31)[C@H](O)[C@@H]2O. The molecule has 2 fully saturated rings. The van der Waals surface area contributed by atoms with Crippen molar-refractivity contribution in [3.05, 3.63) is 30.1 Å². The highest BCUT2D eigenvalue weighted by molar-refractivity contribution is 5.88. The molecule has 160 valence electrons. The van der Waals surface area contributed by atoms with Gasteiger partial charge in [-0.25, -0.2) is 15.0 Å². The van der Waals surface area contributed by atoms with E-state index in [2.05, 4.69) is 42.5 Å². The van der Waals surface area contributed by atoms with E-state index in [9.17, 15) is 15.0 Å². The second-order valence-electron chi connectivity index (χ2n) is 7.98. The summed E-state index contributed by atoms with van der Waals surface area (Å²) in [6, 6.07) is -0.531. The number of nitrogens with one attached hydrogen (secondary N) is 2. The minimum Gasteiger partial charge on any atom is -0.389 e. The number of fused-ring (bicyclic) bond motifs is 2. The number of hydrogen-bond acceptors (Lipinski definition) is 8. The summed E-state index contributed by atoms with van der Waals surface area (Å²) < 4.78 is 3.38. The van der Waals surface area contributed by atoms with Crippen LogP contribution in [0.4, 0.5) is 5.82 Å². The summed E-state index contributed by atoms with van der Waals surface area (Å²) >= 11 is 0. The lowest BCUT2D eigenvalue weighted by molar-refractivity contribution is -0.132. The number of rotatable bonds is 3. The summed E-state index contributed by atoms with van der Waals surface area (Å²) in [5.74, 6) is 6.23. The Morgan fingerprint density at radius 2 is 2.10 bits per heavy atom. The molecule has 0 aliphatic heterocycles. The van der Waals surface area contributed by atoms with Gasteiger partial charge in [0.15, 0.2) is 17.0 Å². The first-order chi connectivity index (χ1) is 14.9. The van der Waals surface area contributed by atoms with E-state index in [1.165, 1.54) is 7.05 Å². The highest BCUT2D eigenvalue weighted by Crippen LogP contribution is 2.67. The maximum Gasteiger partial charge on any atom is 0.229 e. The maximum absolute atomic E-state index is 12.4.